The number of imide groups is 1. The minimum Gasteiger partial charge on any atom is -0.463 e. The van der Waals surface area contributed by atoms with Gasteiger partial charge in [0.05, 0.1) is 18.2 Å². The first-order valence-electron chi connectivity index (χ1n) is 7.68. The molecule has 0 fully saturated rings. The summed E-state index contributed by atoms with van der Waals surface area (Å²) in [5, 5.41) is 2.69. The van der Waals surface area contributed by atoms with E-state index >= 15 is 0 Å². The van der Waals surface area contributed by atoms with Gasteiger partial charge in [0.1, 0.15) is 0 Å². The van der Waals surface area contributed by atoms with Crippen LogP contribution in [-0.4, -0.2) is 51.6 Å². The van der Waals surface area contributed by atoms with Crippen molar-refractivity contribution in [3.8, 4) is 0 Å². The molecular weight excluding hydrogens is 360 g/mol. The van der Waals surface area contributed by atoms with Gasteiger partial charge in [-0.2, -0.15) is 9.36 Å². The number of ether oxygens (including phenoxy) is 1. The second-order valence-electron chi connectivity index (χ2n) is 5.37. The van der Waals surface area contributed by atoms with Crippen molar-refractivity contribution in [3.63, 3.8) is 0 Å². The summed E-state index contributed by atoms with van der Waals surface area (Å²) in [6.07, 6.45) is 0.389. The summed E-state index contributed by atoms with van der Waals surface area (Å²) in [5.74, 6) is -1.86. The Kier molecular flexibility index (Phi) is 5.03. The number of hydrogen-bond donors (Lipinski definition) is 1. The maximum atomic E-state index is 12.2. The van der Waals surface area contributed by atoms with E-state index in [1.807, 2.05) is 0 Å². The van der Waals surface area contributed by atoms with E-state index in [0.29, 0.717) is 17.5 Å². The fourth-order valence-corrected chi connectivity index (χ4v) is 3.05. The van der Waals surface area contributed by atoms with Crippen LogP contribution in [0.1, 0.15) is 44.2 Å². The highest BCUT2D eigenvalue weighted by Crippen LogP contribution is 2.22. The zero-order chi connectivity index (χ0) is 18.7. The van der Waals surface area contributed by atoms with Crippen LogP contribution in [0, 0.1) is 0 Å². The van der Waals surface area contributed by atoms with Crippen molar-refractivity contribution in [2.75, 3.05) is 19.0 Å². The van der Waals surface area contributed by atoms with E-state index in [4.69, 9.17) is 0 Å². The van der Waals surface area contributed by atoms with Crippen molar-refractivity contribution >= 4 is 40.4 Å². The molecule has 1 aliphatic rings. The second kappa shape index (κ2) is 7.40. The minimum absolute atomic E-state index is 0.0839. The summed E-state index contributed by atoms with van der Waals surface area (Å²) in [6, 6.07) is 6.62. The highest BCUT2D eigenvalue weighted by atomic mass is 32.1. The number of esters is 1. The Labute approximate surface area is 152 Å². The van der Waals surface area contributed by atoms with Gasteiger partial charge >= 0.3 is 5.97 Å². The van der Waals surface area contributed by atoms with E-state index in [-0.39, 0.29) is 41.6 Å². The first-order valence-corrected chi connectivity index (χ1v) is 8.45. The topological polar surface area (TPSA) is 119 Å². The third kappa shape index (κ3) is 3.45. The largest absolute Gasteiger partial charge is 0.463 e. The van der Waals surface area contributed by atoms with Crippen LogP contribution >= 0.6 is 11.5 Å². The smallest absolute Gasteiger partial charge is 0.377 e. The number of fused-ring (bicyclic) bond motifs is 1. The lowest BCUT2D eigenvalue weighted by atomic mass is 10.1. The van der Waals surface area contributed by atoms with Crippen LogP contribution in [0.5, 0.6) is 0 Å². The first kappa shape index (κ1) is 17.7. The Balaban J connectivity index is 1.50. The van der Waals surface area contributed by atoms with Gasteiger partial charge in [-0.25, -0.2) is 4.79 Å². The fraction of sp³-hybridized carbons (Fsp3) is 0.250. The number of carbonyl (C=O) groups is 4. The molecule has 3 amide bonds. The Morgan fingerprint density at radius 1 is 1.19 bits per heavy atom. The van der Waals surface area contributed by atoms with Crippen LogP contribution < -0.4 is 5.32 Å². The molecule has 0 saturated heterocycles. The Morgan fingerprint density at radius 2 is 1.85 bits per heavy atom. The summed E-state index contributed by atoms with van der Waals surface area (Å²) in [5.41, 5.74) is 0.761. The number of methoxy groups -OCH3 is 1. The van der Waals surface area contributed by atoms with Gasteiger partial charge in [0, 0.05) is 24.5 Å². The van der Waals surface area contributed by atoms with Gasteiger partial charge in [0.15, 0.2) is 0 Å². The second-order valence-corrected chi connectivity index (χ2v) is 6.13. The predicted molar refractivity (Wildman–Crippen MR) is 90.9 cm³/mol. The molecule has 1 N–H and O–H groups in total. The molecule has 9 nitrogen and oxygen atoms in total. The molecule has 1 aliphatic heterocycles. The minimum atomic E-state index is -0.688. The van der Waals surface area contributed by atoms with Crippen LogP contribution in [0.25, 0.3) is 0 Å². The van der Waals surface area contributed by atoms with Crippen molar-refractivity contribution in [1.82, 2.24) is 14.3 Å². The SMILES string of the molecule is COC(=O)c1nsc(NC(=O)CCCN2C(=O)c3ccccc3C2=O)n1. The molecule has 134 valence electrons. The highest BCUT2D eigenvalue weighted by molar-refractivity contribution is 7.10. The molecule has 3 rings (SSSR count). The van der Waals surface area contributed by atoms with Gasteiger partial charge in [0.2, 0.25) is 11.0 Å². The highest BCUT2D eigenvalue weighted by Gasteiger charge is 2.34. The number of nitrogens with zero attached hydrogens (tertiary/aromatic N) is 3. The lowest BCUT2D eigenvalue weighted by Gasteiger charge is -2.13. The summed E-state index contributed by atoms with van der Waals surface area (Å²) in [7, 11) is 1.21. The Morgan fingerprint density at radius 3 is 2.46 bits per heavy atom. The van der Waals surface area contributed by atoms with E-state index in [2.05, 4.69) is 19.4 Å². The third-order valence-electron chi connectivity index (χ3n) is 3.70. The molecule has 1 aromatic heterocycles. The molecule has 2 aromatic rings. The number of hydrogen-bond acceptors (Lipinski definition) is 8. The number of benzene rings is 1. The number of amides is 3. The van der Waals surface area contributed by atoms with Crippen LogP contribution in [0.2, 0.25) is 0 Å². The van der Waals surface area contributed by atoms with Gasteiger partial charge in [0.25, 0.3) is 17.6 Å². The van der Waals surface area contributed by atoms with Gasteiger partial charge in [-0.15, -0.1) is 0 Å². The van der Waals surface area contributed by atoms with Gasteiger partial charge in [-0.1, -0.05) is 12.1 Å². The zero-order valence-electron chi connectivity index (χ0n) is 13.7. The van der Waals surface area contributed by atoms with Crippen molar-refractivity contribution in [2.24, 2.45) is 0 Å². The molecule has 26 heavy (non-hydrogen) atoms. The van der Waals surface area contributed by atoms with Crippen LogP contribution in [0.4, 0.5) is 5.13 Å². The molecule has 1 aromatic carbocycles. The number of carbonyl (C=O) groups excluding carboxylic acids is 4. The van der Waals surface area contributed by atoms with E-state index in [9.17, 15) is 19.2 Å². The summed E-state index contributed by atoms with van der Waals surface area (Å²) < 4.78 is 8.25. The van der Waals surface area contributed by atoms with E-state index < -0.39 is 5.97 Å². The fourth-order valence-electron chi connectivity index (χ4n) is 2.47. The summed E-state index contributed by atoms with van der Waals surface area (Å²) in [6.45, 7) is 0.142. The van der Waals surface area contributed by atoms with Crippen molar-refractivity contribution in [1.29, 1.82) is 0 Å². The molecule has 0 saturated carbocycles. The number of nitrogens with one attached hydrogen (secondary N) is 1. The Hall–Kier alpha value is -3.14. The number of rotatable bonds is 6. The standard InChI is InChI=1S/C16H14N4O5S/c1-25-15(24)12-18-16(26-19-12)17-11(21)7-4-8-20-13(22)9-5-2-3-6-10(9)14(20)23/h2-3,5-6H,4,7-8H2,1H3,(H,17,18,19,21). The van der Waals surface area contributed by atoms with E-state index in [1.165, 1.54) is 7.11 Å². The summed E-state index contributed by atoms with van der Waals surface area (Å²) >= 11 is 0.860. The maximum absolute atomic E-state index is 12.2. The first-order chi connectivity index (χ1) is 12.5. The van der Waals surface area contributed by atoms with Gasteiger partial charge in [-0.3, -0.25) is 19.3 Å². The number of anilines is 1. The molecule has 0 unspecified atom stereocenters. The quantitative estimate of drug-likeness (QED) is 0.598. The van der Waals surface area contributed by atoms with Crippen molar-refractivity contribution in [2.45, 2.75) is 12.8 Å². The molecule has 0 atom stereocenters. The average Bonchev–Trinajstić information content (AvgIpc) is 3.20. The molecule has 0 radical (unpaired) electrons. The normalized spacial score (nSPS) is 12.9. The lowest BCUT2D eigenvalue weighted by Crippen LogP contribution is -2.31. The third-order valence-corrected chi connectivity index (χ3v) is 4.33. The molecule has 0 bridgehead atoms. The van der Waals surface area contributed by atoms with Crippen LogP contribution in [-0.2, 0) is 9.53 Å². The summed E-state index contributed by atoms with van der Waals surface area (Å²) in [4.78, 5) is 52.6. The average molecular weight is 374 g/mol. The van der Waals surface area contributed by atoms with Gasteiger partial charge in [-0.05, 0) is 18.6 Å². The molecular formula is C16H14N4O5S. The number of aromatic nitrogens is 2. The van der Waals surface area contributed by atoms with Crippen LogP contribution in [0.15, 0.2) is 24.3 Å². The van der Waals surface area contributed by atoms with E-state index in [1.54, 1.807) is 24.3 Å². The zero-order valence-corrected chi connectivity index (χ0v) is 14.5. The van der Waals surface area contributed by atoms with Crippen LogP contribution in [0.3, 0.4) is 0 Å². The predicted octanol–water partition coefficient (Wildman–Crippen LogP) is 1.34. The maximum Gasteiger partial charge on any atom is 0.377 e. The van der Waals surface area contributed by atoms with Gasteiger partial charge < -0.3 is 10.1 Å². The monoisotopic (exact) mass is 374 g/mol. The van der Waals surface area contributed by atoms with Crippen molar-refractivity contribution < 1.29 is 23.9 Å². The Bertz CT molecular complexity index is 859. The van der Waals surface area contributed by atoms with E-state index in [0.717, 1.165) is 16.4 Å². The molecule has 10 heteroatoms. The molecule has 2 heterocycles. The van der Waals surface area contributed by atoms with Crippen molar-refractivity contribution in [3.05, 3.63) is 41.2 Å². The molecule has 0 aliphatic carbocycles. The molecule has 0 spiro atoms. The lowest BCUT2D eigenvalue weighted by molar-refractivity contribution is -0.116.